The fraction of sp³-hybridized carbons (Fsp3) is 0.600. The zero-order valence-corrected chi connectivity index (χ0v) is 13.0. The van der Waals surface area contributed by atoms with Crippen molar-refractivity contribution in [3.05, 3.63) is 29.8 Å². The van der Waals surface area contributed by atoms with Crippen LogP contribution < -0.4 is 10.0 Å². The Morgan fingerprint density at radius 2 is 2.10 bits per heavy atom. The first-order valence-electron chi connectivity index (χ1n) is 7.35. The molecule has 1 aromatic rings. The molecule has 0 aliphatic heterocycles. The summed E-state index contributed by atoms with van der Waals surface area (Å²) < 4.78 is 27.7. The Morgan fingerprint density at radius 3 is 2.75 bits per heavy atom. The van der Waals surface area contributed by atoms with Gasteiger partial charge in [0.2, 0.25) is 10.0 Å². The average molecular weight is 296 g/mol. The van der Waals surface area contributed by atoms with Crippen LogP contribution in [0.5, 0.6) is 0 Å². The smallest absolute Gasteiger partial charge is 0.240 e. The molecule has 5 heteroatoms. The van der Waals surface area contributed by atoms with Crippen molar-refractivity contribution in [3.8, 4) is 0 Å². The molecule has 2 atom stereocenters. The van der Waals surface area contributed by atoms with Crippen molar-refractivity contribution in [2.75, 3.05) is 6.54 Å². The first kappa shape index (κ1) is 15.5. The summed E-state index contributed by atoms with van der Waals surface area (Å²) >= 11 is 0. The number of benzene rings is 1. The lowest BCUT2D eigenvalue weighted by Crippen LogP contribution is -2.36. The van der Waals surface area contributed by atoms with E-state index in [9.17, 15) is 8.42 Å². The fourth-order valence-electron chi connectivity index (χ4n) is 2.68. The molecule has 2 unspecified atom stereocenters. The molecule has 1 aromatic carbocycles. The molecule has 20 heavy (non-hydrogen) atoms. The van der Waals surface area contributed by atoms with Crippen molar-refractivity contribution in [2.45, 2.75) is 50.6 Å². The van der Waals surface area contributed by atoms with E-state index in [1.807, 2.05) is 13.0 Å². The first-order valence-corrected chi connectivity index (χ1v) is 8.83. The van der Waals surface area contributed by atoms with Crippen LogP contribution in [0.15, 0.2) is 29.2 Å². The number of nitrogens with one attached hydrogen (secondary N) is 2. The zero-order chi connectivity index (χ0) is 14.6. The van der Waals surface area contributed by atoms with Gasteiger partial charge in [0.15, 0.2) is 0 Å². The van der Waals surface area contributed by atoms with Crippen LogP contribution in [0.25, 0.3) is 0 Å². The van der Waals surface area contributed by atoms with Gasteiger partial charge in [-0.1, -0.05) is 32.4 Å². The molecule has 0 saturated heterocycles. The SMILES string of the molecule is CCNCc1cccc(S(=O)(=O)NC2CCCC2C)c1. The lowest BCUT2D eigenvalue weighted by molar-refractivity contribution is 0.476. The quantitative estimate of drug-likeness (QED) is 0.846. The summed E-state index contributed by atoms with van der Waals surface area (Å²) in [5.41, 5.74) is 0.995. The number of rotatable bonds is 6. The lowest BCUT2D eigenvalue weighted by atomic mass is 10.1. The van der Waals surface area contributed by atoms with E-state index in [4.69, 9.17) is 0 Å². The Kier molecular flexibility index (Phi) is 5.18. The maximum atomic E-state index is 12.4. The number of hydrogen-bond donors (Lipinski definition) is 2. The van der Waals surface area contributed by atoms with Gasteiger partial charge < -0.3 is 5.32 Å². The van der Waals surface area contributed by atoms with Gasteiger partial charge in [0.05, 0.1) is 4.90 Å². The molecule has 1 saturated carbocycles. The van der Waals surface area contributed by atoms with Crippen LogP contribution in [-0.4, -0.2) is 21.0 Å². The second-order valence-corrected chi connectivity index (χ2v) is 7.28. The van der Waals surface area contributed by atoms with Gasteiger partial charge in [0, 0.05) is 12.6 Å². The van der Waals surface area contributed by atoms with Gasteiger partial charge in [-0.2, -0.15) is 0 Å². The summed E-state index contributed by atoms with van der Waals surface area (Å²) in [5.74, 6) is 0.426. The van der Waals surface area contributed by atoms with E-state index in [2.05, 4.69) is 17.0 Å². The minimum atomic E-state index is -3.40. The van der Waals surface area contributed by atoms with E-state index in [1.54, 1.807) is 18.2 Å². The van der Waals surface area contributed by atoms with Crippen LogP contribution in [-0.2, 0) is 16.6 Å². The van der Waals surface area contributed by atoms with Gasteiger partial charge in [-0.25, -0.2) is 13.1 Å². The second-order valence-electron chi connectivity index (χ2n) is 5.56. The Hall–Kier alpha value is -0.910. The molecule has 2 rings (SSSR count). The highest BCUT2D eigenvalue weighted by Gasteiger charge is 2.28. The third-order valence-corrected chi connectivity index (χ3v) is 5.44. The van der Waals surface area contributed by atoms with Crippen molar-refractivity contribution in [1.82, 2.24) is 10.0 Å². The summed E-state index contributed by atoms with van der Waals surface area (Å²) in [6, 6.07) is 7.25. The Labute approximate surface area is 122 Å². The third-order valence-electron chi connectivity index (χ3n) is 3.96. The van der Waals surface area contributed by atoms with E-state index in [1.165, 1.54) is 0 Å². The largest absolute Gasteiger partial charge is 0.313 e. The highest BCUT2D eigenvalue weighted by molar-refractivity contribution is 7.89. The van der Waals surface area contributed by atoms with Crippen molar-refractivity contribution in [2.24, 2.45) is 5.92 Å². The fourth-order valence-corrected chi connectivity index (χ4v) is 4.13. The summed E-state index contributed by atoms with van der Waals surface area (Å²) in [7, 11) is -3.40. The minimum Gasteiger partial charge on any atom is -0.313 e. The first-order chi connectivity index (χ1) is 9.53. The molecule has 0 heterocycles. The van der Waals surface area contributed by atoms with Gasteiger partial charge >= 0.3 is 0 Å². The molecule has 2 N–H and O–H groups in total. The minimum absolute atomic E-state index is 0.0809. The van der Waals surface area contributed by atoms with Gasteiger partial charge in [-0.15, -0.1) is 0 Å². The van der Waals surface area contributed by atoms with Crippen LogP contribution in [0.4, 0.5) is 0 Å². The average Bonchev–Trinajstić information content (AvgIpc) is 2.82. The maximum absolute atomic E-state index is 12.4. The van der Waals surface area contributed by atoms with Crippen LogP contribution in [0, 0.1) is 5.92 Å². The third kappa shape index (κ3) is 3.81. The van der Waals surface area contributed by atoms with E-state index < -0.39 is 10.0 Å². The molecule has 112 valence electrons. The summed E-state index contributed by atoms with van der Waals surface area (Å²) in [6.07, 6.45) is 3.15. The topological polar surface area (TPSA) is 58.2 Å². The molecular formula is C15H24N2O2S. The van der Waals surface area contributed by atoms with Crippen LogP contribution in [0.2, 0.25) is 0 Å². The summed E-state index contributed by atoms with van der Waals surface area (Å²) in [4.78, 5) is 0.368. The number of hydrogen-bond acceptors (Lipinski definition) is 3. The van der Waals surface area contributed by atoms with Crippen molar-refractivity contribution in [3.63, 3.8) is 0 Å². The van der Waals surface area contributed by atoms with Crippen molar-refractivity contribution in [1.29, 1.82) is 0 Å². The standard InChI is InChI=1S/C15H24N2O2S/c1-3-16-11-13-7-5-8-14(10-13)20(18,19)17-15-9-4-6-12(15)2/h5,7-8,10,12,15-17H,3-4,6,9,11H2,1-2H3. The molecule has 0 amide bonds. The summed E-state index contributed by atoms with van der Waals surface area (Å²) in [5, 5.41) is 3.21. The predicted octanol–water partition coefficient (Wildman–Crippen LogP) is 2.26. The van der Waals surface area contributed by atoms with E-state index >= 15 is 0 Å². The molecule has 4 nitrogen and oxygen atoms in total. The molecular weight excluding hydrogens is 272 g/mol. The normalized spacial score (nSPS) is 23.1. The van der Waals surface area contributed by atoms with Crippen LogP contribution in [0.3, 0.4) is 0 Å². The number of sulfonamides is 1. The summed E-state index contributed by atoms with van der Waals surface area (Å²) in [6.45, 7) is 5.71. The maximum Gasteiger partial charge on any atom is 0.240 e. The molecule has 0 spiro atoms. The van der Waals surface area contributed by atoms with Gasteiger partial charge in [-0.05, 0) is 43.0 Å². The molecule has 0 bridgehead atoms. The van der Waals surface area contributed by atoms with Crippen LogP contribution >= 0.6 is 0 Å². The molecule has 1 aliphatic carbocycles. The predicted molar refractivity (Wildman–Crippen MR) is 80.9 cm³/mol. The van der Waals surface area contributed by atoms with E-state index in [0.717, 1.165) is 31.4 Å². The monoisotopic (exact) mass is 296 g/mol. The Morgan fingerprint density at radius 1 is 1.30 bits per heavy atom. The second kappa shape index (κ2) is 6.70. The molecule has 1 aliphatic rings. The molecule has 0 radical (unpaired) electrons. The zero-order valence-electron chi connectivity index (χ0n) is 12.2. The highest BCUT2D eigenvalue weighted by atomic mass is 32.2. The van der Waals surface area contributed by atoms with E-state index in [-0.39, 0.29) is 6.04 Å². The van der Waals surface area contributed by atoms with Gasteiger partial charge in [-0.3, -0.25) is 0 Å². The van der Waals surface area contributed by atoms with Gasteiger partial charge in [0.25, 0.3) is 0 Å². The molecule has 1 fully saturated rings. The van der Waals surface area contributed by atoms with Crippen LogP contribution in [0.1, 0.15) is 38.7 Å². The Balaban J connectivity index is 2.12. The Bertz CT molecular complexity index is 543. The van der Waals surface area contributed by atoms with Gasteiger partial charge in [0.1, 0.15) is 0 Å². The molecule has 0 aromatic heterocycles. The highest BCUT2D eigenvalue weighted by Crippen LogP contribution is 2.26. The van der Waals surface area contributed by atoms with Crippen molar-refractivity contribution < 1.29 is 8.42 Å². The lowest BCUT2D eigenvalue weighted by Gasteiger charge is -2.17. The van der Waals surface area contributed by atoms with Crippen molar-refractivity contribution >= 4 is 10.0 Å². The van der Waals surface area contributed by atoms with E-state index in [0.29, 0.717) is 17.4 Å².